The fourth-order valence-electron chi connectivity index (χ4n) is 2.56. The summed E-state index contributed by atoms with van der Waals surface area (Å²) in [4.78, 5) is 19.6. The number of hydrogen-bond donors (Lipinski definition) is 3. The van der Waals surface area contributed by atoms with E-state index in [1.165, 1.54) is 7.11 Å². The predicted octanol–water partition coefficient (Wildman–Crippen LogP) is 4.88. The van der Waals surface area contributed by atoms with Crippen LogP contribution in [0.5, 0.6) is 11.5 Å². The molecule has 1 heterocycles. The fourth-order valence-corrected chi connectivity index (χ4v) is 2.56. The Kier molecular flexibility index (Phi) is 7.90. The highest BCUT2D eigenvalue weighted by atomic mass is 19.1. The van der Waals surface area contributed by atoms with Crippen molar-refractivity contribution in [3.05, 3.63) is 67.1 Å². The van der Waals surface area contributed by atoms with Gasteiger partial charge in [-0.2, -0.15) is 4.98 Å². The number of halogens is 1. The predicted molar refractivity (Wildman–Crippen MR) is 120 cm³/mol. The summed E-state index contributed by atoms with van der Waals surface area (Å²) in [6.45, 7) is 3.41. The molecule has 3 aromatic rings. The molecular formula is C22H24FN5O3. The summed E-state index contributed by atoms with van der Waals surface area (Å²) in [5, 5.41) is 8.52. The summed E-state index contributed by atoms with van der Waals surface area (Å²) in [5.74, 6) is 0.285. The van der Waals surface area contributed by atoms with E-state index in [0.717, 1.165) is 12.3 Å². The second-order valence-corrected chi connectivity index (χ2v) is 5.98. The number of hydrogen-bond acceptors (Lipinski definition) is 7. The van der Waals surface area contributed by atoms with E-state index in [0.29, 0.717) is 28.6 Å². The van der Waals surface area contributed by atoms with Gasteiger partial charge in [0.2, 0.25) is 11.9 Å². The molecule has 3 rings (SSSR count). The van der Waals surface area contributed by atoms with Gasteiger partial charge in [0.15, 0.2) is 23.1 Å². The number of aromatic nitrogens is 2. The van der Waals surface area contributed by atoms with E-state index in [4.69, 9.17) is 9.47 Å². The molecule has 8 nitrogen and oxygen atoms in total. The first-order chi connectivity index (χ1) is 14.5. The van der Waals surface area contributed by atoms with Crippen molar-refractivity contribution in [2.24, 2.45) is 0 Å². The Balaban J connectivity index is 0.00000341. The third-order valence-corrected chi connectivity index (χ3v) is 3.96. The molecule has 0 aliphatic heterocycles. The first kappa shape index (κ1) is 23.1. The number of benzene rings is 2. The summed E-state index contributed by atoms with van der Waals surface area (Å²) in [7, 11) is 3.08. The topological polar surface area (TPSA) is 97.4 Å². The van der Waals surface area contributed by atoms with Crippen LogP contribution in [-0.4, -0.2) is 30.1 Å². The second-order valence-electron chi connectivity index (χ2n) is 5.98. The van der Waals surface area contributed by atoms with Crippen LogP contribution in [0.3, 0.4) is 0 Å². The van der Waals surface area contributed by atoms with Crippen LogP contribution in [0, 0.1) is 5.82 Å². The molecule has 0 atom stereocenters. The largest absolute Gasteiger partial charge is 0.493 e. The monoisotopic (exact) mass is 425 g/mol. The van der Waals surface area contributed by atoms with Crippen LogP contribution in [-0.2, 0) is 4.79 Å². The molecule has 3 N–H and O–H groups in total. The molecular weight excluding hydrogens is 401 g/mol. The summed E-state index contributed by atoms with van der Waals surface area (Å²) >= 11 is 0. The molecule has 0 radical (unpaired) electrons. The Labute approximate surface area is 180 Å². The summed E-state index contributed by atoms with van der Waals surface area (Å²) in [5.41, 5.74) is 1.70. The zero-order valence-electron chi connectivity index (χ0n) is 16.4. The minimum Gasteiger partial charge on any atom is -0.493 e. The van der Waals surface area contributed by atoms with Gasteiger partial charge in [0.25, 0.3) is 0 Å². The zero-order chi connectivity index (χ0) is 21.5. The number of carbonyl (C=O) groups excluding carboxylic acids is 1. The average molecular weight is 425 g/mol. The molecule has 0 bridgehead atoms. The Morgan fingerprint density at radius 3 is 2.45 bits per heavy atom. The minimum atomic E-state index is -0.631. The Hall–Kier alpha value is -4.14. The molecule has 0 spiro atoms. The van der Waals surface area contributed by atoms with Crippen LogP contribution in [0.25, 0.3) is 0 Å². The fraction of sp³-hybridized carbons (Fsp3) is 0.136. The van der Waals surface area contributed by atoms with Crippen LogP contribution in [0.4, 0.5) is 33.2 Å². The maximum Gasteiger partial charge on any atom is 0.247 e. The van der Waals surface area contributed by atoms with Gasteiger partial charge in [0, 0.05) is 23.1 Å². The van der Waals surface area contributed by atoms with E-state index in [1.54, 1.807) is 49.6 Å². The number of nitrogens with zero attached hydrogens (tertiary/aromatic N) is 2. The van der Waals surface area contributed by atoms with Crippen molar-refractivity contribution in [3.63, 3.8) is 0 Å². The molecule has 0 saturated heterocycles. The highest BCUT2D eigenvalue weighted by Gasteiger charge is 2.10. The Bertz CT molecular complexity index is 1070. The van der Waals surface area contributed by atoms with E-state index in [9.17, 15) is 9.18 Å². The molecule has 1 amide bonds. The molecule has 31 heavy (non-hydrogen) atoms. The van der Waals surface area contributed by atoms with Gasteiger partial charge in [-0.05, 0) is 36.4 Å². The van der Waals surface area contributed by atoms with Crippen LogP contribution in [0.1, 0.15) is 7.43 Å². The first-order valence-corrected chi connectivity index (χ1v) is 8.84. The molecule has 1 aromatic heterocycles. The van der Waals surface area contributed by atoms with Crippen molar-refractivity contribution < 1.29 is 18.7 Å². The van der Waals surface area contributed by atoms with Gasteiger partial charge in [-0.25, -0.2) is 9.37 Å². The van der Waals surface area contributed by atoms with Crippen LogP contribution in [0.15, 0.2) is 61.3 Å². The standard InChI is InChI=1S/C21H20FN5O3.CH4/c1-4-19(28)24-13-6-5-7-14(10-13)25-20-16(22)12-23-21(27-20)26-15-8-9-17(29-2)18(11-15)30-3;/h4-12H,1H2,2-3H3,(H,24,28)(H2,23,25,26,27);1H4. The number of methoxy groups -OCH3 is 2. The maximum absolute atomic E-state index is 14.2. The van der Waals surface area contributed by atoms with E-state index >= 15 is 0 Å². The normalized spacial score (nSPS) is 9.77. The molecule has 9 heteroatoms. The number of amides is 1. The van der Waals surface area contributed by atoms with Gasteiger partial charge in [0.05, 0.1) is 20.4 Å². The number of carbonyl (C=O) groups is 1. The summed E-state index contributed by atoms with van der Waals surface area (Å²) in [6, 6.07) is 12.0. The van der Waals surface area contributed by atoms with E-state index < -0.39 is 5.82 Å². The highest BCUT2D eigenvalue weighted by Crippen LogP contribution is 2.31. The van der Waals surface area contributed by atoms with Crippen molar-refractivity contribution in [1.29, 1.82) is 0 Å². The molecule has 0 saturated carbocycles. The van der Waals surface area contributed by atoms with Gasteiger partial charge in [-0.3, -0.25) is 4.79 Å². The first-order valence-electron chi connectivity index (χ1n) is 8.84. The lowest BCUT2D eigenvalue weighted by Gasteiger charge is -2.12. The van der Waals surface area contributed by atoms with Gasteiger partial charge >= 0.3 is 0 Å². The van der Waals surface area contributed by atoms with E-state index in [-0.39, 0.29) is 25.1 Å². The van der Waals surface area contributed by atoms with E-state index in [2.05, 4.69) is 32.5 Å². The number of rotatable bonds is 8. The molecule has 2 aromatic carbocycles. The second kappa shape index (κ2) is 10.6. The molecule has 0 unspecified atom stereocenters. The van der Waals surface area contributed by atoms with Crippen molar-refractivity contribution in [1.82, 2.24) is 9.97 Å². The minimum absolute atomic E-state index is 0. The van der Waals surface area contributed by atoms with Crippen molar-refractivity contribution >= 4 is 34.7 Å². The average Bonchev–Trinajstić information content (AvgIpc) is 2.76. The lowest BCUT2D eigenvalue weighted by molar-refractivity contribution is -0.111. The molecule has 0 aliphatic rings. The lowest BCUT2D eigenvalue weighted by atomic mass is 10.2. The zero-order valence-corrected chi connectivity index (χ0v) is 16.4. The van der Waals surface area contributed by atoms with Gasteiger partial charge in [-0.15, -0.1) is 0 Å². The number of nitrogens with one attached hydrogen (secondary N) is 3. The van der Waals surface area contributed by atoms with Gasteiger partial charge in [-0.1, -0.05) is 20.1 Å². The highest BCUT2D eigenvalue weighted by molar-refractivity contribution is 5.99. The smallest absolute Gasteiger partial charge is 0.247 e. The van der Waals surface area contributed by atoms with Crippen molar-refractivity contribution in [2.75, 3.05) is 30.2 Å². The SMILES string of the molecule is C.C=CC(=O)Nc1cccc(Nc2nc(Nc3ccc(OC)c(OC)c3)ncc2F)c1. The van der Waals surface area contributed by atoms with Crippen molar-refractivity contribution in [3.8, 4) is 11.5 Å². The number of ether oxygens (including phenoxy) is 2. The summed E-state index contributed by atoms with van der Waals surface area (Å²) < 4.78 is 24.7. The van der Waals surface area contributed by atoms with E-state index in [1.807, 2.05) is 0 Å². The third-order valence-electron chi connectivity index (χ3n) is 3.96. The third kappa shape index (κ3) is 5.92. The maximum atomic E-state index is 14.2. The van der Waals surface area contributed by atoms with Gasteiger partial charge in [0.1, 0.15) is 0 Å². The van der Waals surface area contributed by atoms with Crippen LogP contribution in [0.2, 0.25) is 0 Å². The molecule has 0 aliphatic carbocycles. The summed E-state index contributed by atoms with van der Waals surface area (Å²) in [6.07, 6.45) is 2.22. The quantitative estimate of drug-likeness (QED) is 0.443. The number of anilines is 5. The Morgan fingerprint density at radius 2 is 1.74 bits per heavy atom. The van der Waals surface area contributed by atoms with Crippen molar-refractivity contribution in [2.45, 2.75) is 7.43 Å². The molecule has 162 valence electrons. The molecule has 0 fully saturated rings. The van der Waals surface area contributed by atoms with Gasteiger partial charge < -0.3 is 25.4 Å². The van der Waals surface area contributed by atoms with Crippen LogP contribution < -0.4 is 25.4 Å². The van der Waals surface area contributed by atoms with Crippen LogP contribution >= 0.6 is 0 Å². The lowest BCUT2D eigenvalue weighted by Crippen LogP contribution is -2.07. The Morgan fingerprint density at radius 1 is 1.03 bits per heavy atom.